The molecule has 8 aromatic carbocycles. The van der Waals surface area contributed by atoms with Gasteiger partial charge >= 0.3 is 0 Å². The van der Waals surface area contributed by atoms with Crippen LogP contribution in [-0.4, -0.2) is 119 Å². The Morgan fingerprint density at radius 2 is 0.848 bits per heavy atom. The van der Waals surface area contributed by atoms with Crippen LogP contribution in [0.2, 0.25) is 0 Å². The van der Waals surface area contributed by atoms with Crippen molar-refractivity contribution in [2.75, 3.05) is 26.9 Å². The molecule has 480 valence electrons. The van der Waals surface area contributed by atoms with Crippen LogP contribution in [0.25, 0.3) is 0 Å². The van der Waals surface area contributed by atoms with Crippen molar-refractivity contribution >= 4 is 0 Å². The van der Waals surface area contributed by atoms with Crippen LogP contribution in [0.4, 0.5) is 0 Å². The molecule has 4 fully saturated rings. The van der Waals surface area contributed by atoms with E-state index in [0.29, 0.717) is 6.61 Å². The first-order valence-corrected chi connectivity index (χ1v) is 31.8. The Bertz CT molecular complexity index is 3420. The summed E-state index contributed by atoms with van der Waals surface area (Å²) in [5.41, 5.74) is 8.38. The molecule has 13 rings (SSSR count). The van der Waals surface area contributed by atoms with Gasteiger partial charge in [-0.1, -0.05) is 237 Å². The minimum Gasteiger partial charge on any atom is -0.374 e. The second-order valence-electron chi connectivity index (χ2n) is 23.7. The van der Waals surface area contributed by atoms with Crippen LogP contribution < -0.4 is 0 Å². The second kappa shape index (κ2) is 32.3. The number of fused-ring (bicyclic) bond motifs is 6. The van der Waals surface area contributed by atoms with Crippen molar-refractivity contribution in [3.05, 3.63) is 287 Å². The molecule has 5 heterocycles. The fraction of sp³-hybridized carbons (Fsp3) is 0.368. The Hall–Kier alpha value is -6.88. The van der Waals surface area contributed by atoms with E-state index in [1.807, 2.05) is 231 Å². The number of rotatable bonds is 23. The van der Waals surface area contributed by atoms with Gasteiger partial charge in [0.1, 0.15) is 73.2 Å². The third kappa shape index (κ3) is 16.5. The first kappa shape index (κ1) is 63.9. The van der Waals surface area contributed by atoms with E-state index in [2.05, 4.69) is 6.07 Å². The van der Waals surface area contributed by atoms with Crippen molar-refractivity contribution in [2.45, 2.75) is 151 Å². The number of benzene rings is 8. The molecule has 0 unspecified atom stereocenters. The monoisotopic (exact) mass is 1250 g/mol. The second-order valence-corrected chi connectivity index (χ2v) is 23.7. The molecule has 0 aliphatic carbocycles. The molecule has 0 spiro atoms. The number of ether oxygens (including phenoxy) is 16. The largest absolute Gasteiger partial charge is 0.374 e. The van der Waals surface area contributed by atoms with E-state index in [1.165, 1.54) is 0 Å². The van der Waals surface area contributed by atoms with Crippen molar-refractivity contribution < 1.29 is 75.8 Å². The molecule has 0 saturated carbocycles. The van der Waals surface area contributed by atoms with Gasteiger partial charge in [-0.2, -0.15) is 0 Å². The van der Waals surface area contributed by atoms with E-state index >= 15 is 0 Å². The molecule has 0 amide bonds. The molecule has 4 bridgehead atoms. The standard InChI is InChI=1S/C76H80O16/c1-77-74-72(85-47-57-34-19-7-20-35-57)69-64(61(87-74)49-78-41-52-24-9-2-10-25-52)80-48-59-37-23-36-58(40-59)42-79-50-62-65(67(81-43-53-26-11-3-12-27-53)71(76(88-62)92-69)84-46-56-32-17-6-18-33-56)91-75-70(83-45-55-30-15-5-16-31-55)68(82-44-54-28-13-4-14-29-54)66-63(89-75)51-86-73(90-66)60-38-21-8-22-39-60/h2-40,61-76H,41-51H2,1H3/t61-,62-,63-,64+,65-,66-,67+,68+,69+,70-,71-,72-,73-,74+,75-,76+/m1/s1. The summed E-state index contributed by atoms with van der Waals surface area (Å²) >= 11 is 0. The molecule has 0 N–H and O–H groups in total. The van der Waals surface area contributed by atoms with Crippen LogP contribution in [0.5, 0.6) is 0 Å². The molecule has 4 saturated heterocycles. The van der Waals surface area contributed by atoms with E-state index in [0.717, 1.165) is 50.1 Å². The summed E-state index contributed by atoms with van der Waals surface area (Å²) in [6, 6.07) is 78.1. The quantitative estimate of drug-likeness (QED) is 0.0597. The van der Waals surface area contributed by atoms with E-state index in [4.69, 9.17) is 75.8 Å². The summed E-state index contributed by atoms with van der Waals surface area (Å²) in [4.78, 5) is 0. The molecule has 8 aromatic rings. The summed E-state index contributed by atoms with van der Waals surface area (Å²) in [6.45, 7) is 1.95. The van der Waals surface area contributed by atoms with E-state index in [9.17, 15) is 0 Å². The highest BCUT2D eigenvalue weighted by Crippen LogP contribution is 2.42. The van der Waals surface area contributed by atoms with Crippen LogP contribution in [0.1, 0.15) is 56.4 Å². The molecule has 5 aliphatic heterocycles. The fourth-order valence-electron chi connectivity index (χ4n) is 12.5. The van der Waals surface area contributed by atoms with Crippen LogP contribution >= 0.6 is 0 Å². The normalized spacial score (nSPS) is 29.1. The summed E-state index contributed by atoms with van der Waals surface area (Å²) in [7, 11) is 1.60. The van der Waals surface area contributed by atoms with Crippen LogP contribution in [0.3, 0.4) is 0 Å². The SMILES string of the molecule is CO[C@H]1O[C@H](COCc2ccccc2)[C@@H]2OCc3cccc(c3)COC[C@H]3O[C@@H](O[C@@H]2[C@H]1OCc1ccccc1)[C@H](OCc1ccccc1)[C@@H](OCc1ccccc1)[C@@H]3O[C@H]1O[C@@H]2CO[C@@H](c3ccccc3)O[C@H]2[C@H](OCc2ccccc2)[C@H]1OCc1ccccc1. The van der Waals surface area contributed by atoms with E-state index in [1.54, 1.807) is 7.11 Å². The van der Waals surface area contributed by atoms with Gasteiger partial charge in [-0.3, -0.25) is 0 Å². The number of hydrogen-bond acceptors (Lipinski definition) is 16. The maximum Gasteiger partial charge on any atom is 0.187 e. The number of methoxy groups -OCH3 is 1. The Kier molecular flexibility index (Phi) is 22.4. The third-order valence-electron chi connectivity index (χ3n) is 17.2. The molecular formula is C76H80O16. The molecular weight excluding hydrogens is 1170 g/mol. The minimum absolute atomic E-state index is 0.0108. The molecule has 5 aliphatic rings. The van der Waals surface area contributed by atoms with Gasteiger partial charge in [0.15, 0.2) is 25.2 Å². The van der Waals surface area contributed by atoms with Crippen LogP contribution in [0, 0.1) is 0 Å². The summed E-state index contributed by atoms with van der Waals surface area (Å²) in [5, 5.41) is 0. The summed E-state index contributed by atoms with van der Waals surface area (Å²) in [6.07, 6.45) is -14.5. The van der Waals surface area contributed by atoms with Gasteiger partial charge in [-0.05, 0) is 44.5 Å². The summed E-state index contributed by atoms with van der Waals surface area (Å²) < 4.78 is 113. The van der Waals surface area contributed by atoms with Gasteiger partial charge in [0.2, 0.25) is 0 Å². The average Bonchev–Trinajstić information content (AvgIpc) is 0.792. The first-order valence-electron chi connectivity index (χ1n) is 31.8. The van der Waals surface area contributed by atoms with Gasteiger partial charge in [0, 0.05) is 12.7 Å². The van der Waals surface area contributed by atoms with Gasteiger partial charge in [0.25, 0.3) is 0 Å². The van der Waals surface area contributed by atoms with Crippen molar-refractivity contribution in [3.63, 3.8) is 0 Å². The van der Waals surface area contributed by atoms with Crippen LogP contribution in [-0.2, 0) is 129 Å². The van der Waals surface area contributed by atoms with Gasteiger partial charge in [-0.15, -0.1) is 0 Å². The van der Waals surface area contributed by atoms with Gasteiger partial charge < -0.3 is 75.8 Å². The molecule has 16 nitrogen and oxygen atoms in total. The lowest BCUT2D eigenvalue weighted by atomic mass is 9.94. The Morgan fingerprint density at radius 1 is 0.359 bits per heavy atom. The summed E-state index contributed by atoms with van der Waals surface area (Å²) in [5.74, 6) is 0. The predicted molar refractivity (Wildman–Crippen MR) is 339 cm³/mol. The maximum atomic E-state index is 7.70. The zero-order valence-electron chi connectivity index (χ0n) is 51.6. The van der Waals surface area contributed by atoms with Crippen molar-refractivity contribution in [3.8, 4) is 0 Å². The zero-order chi connectivity index (χ0) is 62.1. The minimum atomic E-state index is -1.21. The highest BCUT2D eigenvalue weighted by atomic mass is 16.8. The van der Waals surface area contributed by atoms with Gasteiger partial charge in [0.05, 0.1) is 72.7 Å². The van der Waals surface area contributed by atoms with Gasteiger partial charge in [-0.25, -0.2) is 0 Å². The third-order valence-corrected chi connectivity index (χ3v) is 17.2. The predicted octanol–water partition coefficient (Wildman–Crippen LogP) is 12.0. The first-order chi connectivity index (χ1) is 45.5. The Balaban J connectivity index is 0.915. The highest BCUT2D eigenvalue weighted by Gasteiger charge is 2.58. The lowest BCUT2D eigenvalue weighted by Crippen LogP contribution is -2.68. The molecule has 16 heteroatoms. The van der Waals surface area contributed by atoms with Crippen molar-refractivity contribution in [1.82, 2.24) is 0 Å². The topological polar surface area (TPSA) is 148 Å². The average molecular weight is 1250 g/mol. The fourth-order valence-corrected chi connectivity index (χ4v) is 12.5. The zero-order valence-corrected chi connectivity index (χ0v) is 51.6. The van der Waals surface area contributed by atoms with Crippen molar-refractivity contribution in [2.24, 2.45) is 0 Å². The molecule has 0 radical (unpaired) electrons. The van der Waals surface area contributed by atoms with E-state index in [-0.39, 0.29) is 66.1 Å². The van der Waals surface area contributed by atoms with Crippen LogP contribution in [0.15, 0.2) is 237 Å². The maximum absolute atomic E-state index is 7.70. The molecule has 16 atom stereocenters. The smallest absolute Gasteiger partial charge is 0.187 e. The number of hydrogen-bond donors (Lipinski definition) is 0. The lowest BCUT2D eigenvalue weighted by Gasteiger charge is -2.52. The lowest BCUT2D eigenvalue weighted by molar-refractivity contribution is -0.406. The highest BCUT2D eigenvalue weighted by molar-refractivity contribution is 5.24. The van der Waals surface area contributed by atoms with E-state index < -0.39 is 98.4 Å². The van der Waals surface area contributed by atoms with Crippen molar-refractivity contribution in [1.29, 1.82) is 0 Å². The molecule has 0 aromatic heterocycles. The Labute approximate surface area is 538 Å². The molecule has 92 heavy (non-hydrogen) atoms. The Morgan fingerprint density at radius 3 is 1.40 bits per heavy atom.